The Morgan fingerprint density at radius 1 is 0.903 bits per heavy atom. The van der Waals surface area contributed by atoms with Crippen molar-refractivity contribution in [3.63, 3.8) is 0 Å². The average molecular weight is 429 g/mol. The van der Waals surface area contributed by atoms with Crippen LogP contribution in [0.1, 0.15) is 29.3 Å². The van der Waals surface area contributed by atoms with Crippen molar-refractivity contribution in [1.82, 2.24) is 19.7 Å². The number of rotatable bonds is 7. The number of carbonyl (C=O) groups excluding carboxylic acids is 1. The number of benzene rings is 3. The van der Waals surface area contributed by atoms with Crippen LogP contribution in [0.2, 0.25) is 0 Å². The van der Waals surface area contributed by atoms with Crippen molar-refractivity contribution in [1.29, 1.82) is 0 Å². The summed E-state index contributed by atoms with van der Waals surface area (Å²) in [6.07, 6.45) is 3.18. The number of likely N-dealkylation sites (N-methyl/N-ethyl adjacent to an activating group) is 1. The lowest BCUT2D eigenvalue weighted by molar-refractivity contribution is -0.131. The molecule has 0 aliphatic carbocycles. The van der Waals surface area contributed by atoms with Crippen LogP contribution in [0, 0.1) is 0 Å². The van der Waals surface area contributed by atoms with E-state index >= 15 is 0 Å². The Kier molecular flexibility index (Phi) is 6.48. The molecule has 6 heteroatoms. The van der Waals surface area contributed by atoms with E-state index in [1.54, 1.807) is 22.8 Å². The van der Waals surface area contributed by atoms with Crippen molar-refractivity contribution >= 4 is 17.7 Å². The molecular weight excluding hydrogens is 404 g/mol. The third-order valence-electron chi connectivity index (χ3n) is 5.31. The number of aromatic nitrogens is 3. The van der Waals surface area contributed by atoms with Crippen molar-refractivity contribution in [2.75, 3.05) is 7.05 Å². The number of nitrogens with zero attached hydrogens (tertiary/aromatic N) is 4. The molecule has 0 spiro atoms. The van der Waals surface area contributed by atoms with Gasteiger partial charge in [0, 0.05) is 11.9 Å². The zero-order chi connectivity index (χ0) is 21.6. The van der Waals surface area contributed by atoms with Gasteiger partial charge in [-0.1, -0.05) is 60.7 Å². The molecule has 1 amide bonds. The molecule has 0 aliphatic rings. The first-order valence-corrected chi connectivity index (χ1v) is 11.0. The van der Waals surface area contributed by atoms with Crippen molar-refractivity contribution in [3.05, 3.63) is 109 Å². The summed E-state index contributed by atoms with van der Waals surface area (Å²) >= 11 is 1.58. The normalized spacial score (nSPS) is 12.8. The minimum absolute atomic E-state index is 0.0696. The van der Waals surface area contributed by atoms with Crippen molar-refractivity contribution in [2.24, 2.45) is 0 Å². The standard InChI is InChI=1S/C25H24N4OS/c1-19(20-13-15-22(16-14-20)29-18-26-17-27-29)28(2)25(30)24(21-9-5-3-6-10-21)31-23-11-7-4-8-12-23/h3-19,24H,1-2H3/t19-,24-/m0/s1. The topological polar surface area (TPSA) is 51.0 Å². The summed E-state index contributed by atoms with van der Waals surface area (Å²) in [4.78, 5) is 20.5. The summed E-state index contributed by atoms with van der Waals surface area (Å²) < 4.78 is 1.71. The van der Waals surface area contributed by atoms with Gasteiger partial charge in [0.05, 0.1) is 11.7 Å². The third-order valence-corrected chi connectivity index (χ3v) is 6.56. The highest BCUT2D eigenvalue weighted by Crippen LogP contribution is 2.38. The maximum absolute atomic E-state index is 13.6. The summed E-state index contributed by atoms with van der Waals surface area (Å²) in [5, 5.41) is 3.84. The predicted octanol–water partition coefficient (Wildman–Crippen LogP) is 5.32. The molecule has 0 saturated carbocycles. The summed E-state index contributed by atoms with van der Waals surface area (Å²) in [7, 11) is 1.87. The molecule has 0 radical (unpaired) electrons. The van der Waals surface area contributed by atoms with Gasteiger partial charge in [-0.25, -0.2) is 9.67 Å². The zero-order valence-corrected chi connectivity index (χ0v) is 18.3. The third kappa shape index (κ3) is 4.86. The monoisotopic (exact) mass is 428 g/mol. The molecule has 1 heterocycles. The summed E-state index contributed by atoms with van der Waals surface area (Å²) in [6, 6.07) is 28.0. The fourth-order valence-corrected chi connectivity index (χ4v) is 4.52. The molecule has 0 saturated heterocycles. The number of thioether (sulfide) groups is 1. The van der Waals surface area contributed by atoms with Gasteiger partial charge in [-0.3, -0.25) is 4.79 Å². The molecule has 156 valence electrons. The van der Waals surface area contributed by atoms with Gasteiger partial charge in [0.2, 0.25) is 5.91 Å². The van der Waals surface area contributed by atoms with E-state index in [1.807, 2.05) is 96.9 Å². The zero-order valence-electron chi connectivity index (χ0n) is 17.5. The number of hydrogen-bond donors (Lipinski definition) is 0. The van der Waals surface area contributed by atoms with Crippen LogP contribution in [-0.4, -0.2) is 32.6 Å². The van der Waals surface area contributed by atoms with E-state index in [2.05, 4.69) is 17.0 Å². The molecule has 0 aliphatic heterocycles. The number of hydrogen-bond acceptors (Lipinski definition) is 4. The van der Waals surface area contributed by atoms with Crippen LogP contribution < -0.4 is 0 Å². The second-order valence-corrected chi connectivity index (χ2v) is 8.46. The van der Waals surface area contributed by atoms with E-state index in [0.717, 1.165) is 21.7 Å². The second kappa shape index (κ2) is 9.62. The second-order valence-electron chi connectivity index (χ2n) is 7.28. The smallest absolute Gasteiger partial charge is 0.240 e. The van der Waals surface area contributed by atoms with E-state index in [0.29, 0.717) is 0 Å². The van der Waals surface area contributed by atoms with Crippen LogP contribution in [0.25, 0.3) is 5.69 Å². The van der Waals surface area contributed by atoms with E-state index in [1.165, 1.54) is 6.33 Å². The molecule has 2 atom stereocenters. The summed E-state index contributed by atoms with van der Waals surface area (Å²) in [5.41, 5.74) is 3.00. The molecule has 0 unspecified atom stereocenters. The first-order chi connectivity index (χ1) is 15.1. The molecule has 3 aromatic carbocycles. The van der Waals surface area contributed by atoms with Crippen molar-refractivity contribution in [2.45, 2.75) is 23.1 Å². The molecule has 1 aromatic heterocycles. The minimum Gasteiger partial charge on any atom is -0.338 e. The predicted molar refractivity (Wildman–Crippen MR) is 124 cm³/mol. The van der Waals surface area contributed by atoms with Crippen LogP contribution >= 0.6 is 11.8 Å². The molecule has 5 nitrogen and oxygen atoms in total. The lowest BCUT2D eigenvalue weighted by Crippen LogP contribution is -2.33. The Labute approximate surface area is 186 Å². The Balaban J connectivity index is 1.55. The quantitative estimate of drug-likeness (QED) is 0.374. The number of carbonyl (C=O) groups is 1. The van der Waals surface area contributed by atoms with Gasteiger partial charge >= 0.3 is 0 Å². The van der Waals surface area contributed by atoms with Gasteiger partial charge in [-0.05, 0) is 42.3 Å². The van der Waals surface area contributed by atoms with Gasteiger partial charge in [0.1, 0.15) is 17.9 Å². The van der Waals surface area contributed by atoms with Gasteiger partial charge in [-0.15, -0.1) is 11.8 Å². The van der Waals surface area contributed by atoms with Gasteiger partial charge in [0.15, 0.2) is 0 Å². The Morgan fingerprint density at radius 2 is 1.55 bits per heavy atom. The van der Waals surface area contributed by atoms with Crippen LogP contribution in [-0.2, 0) is 4.79 Å². The maximum atomic E-state index is 13.6. The SMILES string of the molecule is C[C@@H](c1ccc(-n2cncn2)cc1)N(C)C(=O)[C@@H](Sc1ccccc1)c1ccccc1. The maximum Gasteiger partial charge on any atom is 0.240 e. The average Bonchev–Trinajstić information content (AvgIpc) is 3.37. The van der Waals surface area contributed by atoms with Gasteiger partial charge in [0.25, 0.3) is 0 Å². The van der Waals surface area contributed by atoms with Crippen LogP contribution in [0.4, 0.5) is 0 Å². The van der Waals surface area contributed by atoms with Gasteiger partial charge < -0.3 is 4.90 Å². The van der Waals surface area contributed by atoms with Crippen LogP contribution in [0.15, 0.2) is 102 Å². The van der Waals surface area contributed by atoms with E-state index in [4.69, 9.17) is 0 Å². The molecule has 0 N–H and O–H groups in total. The van der Waals surface area contributed by atoms with E-state index in [9.17, 15) is 4.79 Å². The largest absolute Gasteiger partial charge is 0.338 e. The minimum atomic E-state index is -0.314. The molecular formula is C25H24N4OS. The Hall–Kier alpha value is -3.38. The lowest BCUT2D eigenvalue weighted by atomic mass is 10.1. The number of amides is 1. The molecule has 0 bridgehead atoms. The highest BCUT2D eigenvalue weighted by molar-refractivity contribution is 8.00. The van der Waals surface area contributed by atoms with Crippen molar-refractivity contribution < 1.29 is 4.79 Å². The fourth-order valence-electron chi connectivity index (χ4n) is 3.37. The Morgan fingerprint density at radius 3 is 2.16 bits per heavy atom. The summed E-state index contributed by atoms with van der Waals surface area (Å²) in [6.45, 7) is 2.05. The molecule has 4 aromatic rings. The highest BCUT2D eigenvalue weighted by atomic mass is 32.2. The van der Waals surface area contributed by atoms with E-state index in [-0.39, 0.29) is 17.2 Å². The van der Waals surface area contributed by atoms with Gasteiger partial charge in [-0.2, -0.15) is 5.10 Å². The van der Waals surface area contributed by atoms with Crippen LogP contribution in [0.3, 0.4) is 0 Å². The fraction of sp³-hybridized carbons (Fsp3) is 0.160. The highest BCUT2D eigenvalue weighted by Gasteiger charge is 2.28. The first kappa shape index (κ1) is 20.9. The molecule has 0 fully saturated rings. The molecule has 4 rings (SSSR count). The summed E-state index contributed by atoms with van der Waals surface area (Å²) in [5.74, 6) is 0.0768. The van der Waals surface area contributed by atoms with E-state index < -0.39 is 0 Å². The first-order valence-electron chi connectivity index (χ1n) is 10.1. The van der Waals surface area contributed by atoms with Crippen molar-refractivity contribution in [3.8, 4) is 5.69 Å². The Bertz CT molecular complexity index is 1100. The molecule has 31 heavy (non-hydrogen) atoms. The van der Waals surface area contributed by atoms with Crippen LogP contribution in [0.5, 0.6) is 0 Å². The lowest BCUT2D eigenvalue weighted by Gasteiger charge is -2.29.